The first-order valence-corrected chi connectivity index (χ1v) is 9.06. The van der Waals surface area contributed by atoms with Crippen LogP contribution in [-0.2, 0) is 9.59 Å². The zero-order valence-corrected chi connectivity index (χ0v) is 15.6. The number of piperidine rings is 1. The number of likely N-dealkylation sites (tertiary alicyclic amines) is 1. The molecule has 2 aliphatic heterocycles. The summed E-state index contributed by atoms with van der Waals surface area (Å²) in [5.74, 6) is -0.693. The van der Waals surface area contributed by atoms with Crippen LogP contribution in [0.15, 0.2) is 24.3 Å². The van der Waals surface area contributed by atoms with E-state index in [4.69, 9.17) is 0 Å². The molecule has 0 saturated carbocycles. The van der Waals surface area contributed by atoms with Crippen molar-refractivity contribution in [1.82, 2.24) is 20.0 Å². The van der Waals surface area contributed by atoms with Crippen molar-refractivity contribution in [3.8, 4) is 0 Å². The minimum absolute atomic E-state index is 0.00217. The minimum atomic E-state index is -0.436. The fourth-order valence-corrected chi connectivity index (χ4v) is 3.42. The van der Waals surface area contributed by atoms with Crippen molar-refractivity contribution in [2.24, 2.45) is 0 Å². The fourth-order valence-electron chi connectivity index (χ4n) is 3.42. The Kier molecular flexibility index (Phi) is 5.43. The number of benzene rings is 1. The Hall–Kier alpha value is -2.90. The van der Waals surface area contributed by atoms with Gasteiger partial charge in [0, 0.05) is 31.7 Å². The largest absolute Gasteiger partial charge is 0.349 e. The molecular formula is C19H24N4O4. The number of nitrogens with zero attached hydrogens (tertiary/aromatic N) is 3. The van der Waals surface area contributed by atoms with Crippen LogP contribution in [0.3, 0.4) is 0 Å². The Morgan fingerprint density at radius 2 is 1.81 bits per heavy atom. The molecule has 0 bridgehead atoms. The summed E-state index contributed by atoms with van der Waals surface area (Å²) >= 11 is 0. The summed E-state index contributed by atoms with van der Waals surface area (Å²) in [4.78, 5) is 52.4. The molecule has 3 rings (SSSR count). The molecule has 8 heteroatoms. The smallest absolute Gasteiger partial charge is 0.327 e. The van der Waals surface area contributed by atoms with Gasteiger partial charge in [-0.25, -0.2) is 4.79 Å². The topological polar surface area (TPSA) is 90.0 Å². The predicted octanol–water partition coefficient (Wildman–Crippen LogP) is 0.610. The Morgan fingerprint density at radius 3 is 2.41 bits per heavy atom. The minimum Gasteiger partial charge on any atom is -0.349 e. The van der Waals surface area contributed by atoms with Crippen molar-refractivity contribution in [3.63, 3.8) is 0 Å². The van der Waals surface area contributed by atoms with Crippen molar-refractivity contribution in [3.05, 3.63) is 35.4 Å². The van der Waals surface area contributed by atoms with E-state index in [0.717, 1.165) is 10.5 Å². The molecule has 0 aliphatic carbocycles. The first kappa shape index (κ1) is 18.9. The maximum absolute atomic E-state index is 12.4. The normalized spacial score (nSPS) is 18.2. The molecule has 1 aromatic carbocycles. The Labute approximate surface area is 158 Å². The third-order valence-electron chi connectivity index (χ3n) is 5.10. The van der Waals surface area contributed by atoms with Crippen molar-refractivity contribution < 1.29 is 19.2 Å². The SMILES string of the molecule is Cc1ccccc1C(=O)NC1CCN(C(=O)CN2C(=O)CN(C)C2=O)CC1. The lowest BCUT2D eigenvalue weighted by atomic mass is 10.0. The molecule has 0 unspecified atom stereocenters. The molecule has 27 heavy (non-hydrogen) atoms. The summed E-state index contributed by atoms with van der Waals surface area (Å²) in [6.45, 7) is 2.67. The Bertz CT molecular complexity index is 771. The molecule has 0 spiro atoms. The van der Waals surface area contributed by atoms with Crippen LogP contribution >= 0.6 is 0 Å². The van der Waals surface area contributed by atoms with E-state index >= 15 is 0 Å². The van der Waals surface area contributed by atoms with Crippen LogP contribution in [0, 0.1) is 6.92 Å². The standard InChI is InChI=1S/C19H24N4O4/c1-13-5-3-4-6-15(13)18(26)20-14-7-9-22(10-8-14)16(24)12-23-17(25)11-21(2)19(23)27/h3-6,14H,7-12H2,1-2H3,(H,20,26). The van der Waals surface area contributed by atoms with Gasteiger partial charge < -0.3 is 15.1 Å². The molecule has 1 aromatic rings. The van der Waals surface area contributed by atoms with Crippen molar-refractivity contribution >= 4 is 23.8 Å². The van der Waals surface area contributed by atoms with E-state index in [2.05, 4.69) is 5.32 Å². The van der Waals surface area contributed by atoms with Crippen LogP contribution in [0.5, 0.6) is 0 Å². The number of carbonyl (C=O) groups is 4. The van der Waals surface area contributed by atoms with E-state index in [-0.39, 0.29) is 36.9 Å². The van der Waals surface area contributed by atoms with Gasteiger partial charge in [-0.15, -0.1) is 0 Å². The van der Waals surface area contributed by atoms with E-state index in [1.54, 1.807) is 11.0 Å². The van der Waals surface area contributed by atoms with Crippen molar-refractivity contribution in [2.45, 2.75) is 25.8 Å². The van der Waals surface area contributed by atoms with Gasteiger partial charge >= 0.3 is 6.03 Å². The number of hydrogen-bond donors (Lipinski definition) is 1. The van der Waals surface area contributed by atoms with Gasteiger partial charge in [-0.1, -0.05) is 18.2 Å². The van der Waals surface area contributed by atoms with Gasteiger partial charge in [0.15, 0.2) is 0 Å². The van der Waals surface area contributed by atoms with Crippen LogP contribution in [0.25, 0.3) is 0 Å². The Balaban J connectivity index is 1.49. The van der Waals surface area contributed by atoms with Crippen LogP contribution in [0.2, 0.25) is 0 Å². The highest BCUT2D eigenvalue weighted by molar-refractivity contribution is 6.04. The molecule has 0 radical (unpaired) electrons. The molecule has 8 nitrogen and oxygen atoms in total. The molecule has 2 saturated heterocycles. The highest BCUT2D eigenvalue weighted by Crippen LogP contribution is 2.15. The molecule has 5 amide bonds. The van der Waals surface area contributed by atoms with Gasteiger partial charge in [0.25, 0.3) is 11.8 Å². The van der Waals surface area contributed by atoms with Gasteiger partial charge in [-0.05, 0) is 31.4 Å². The van der Waals surface area contributed by atoms with E-state index in [9.17, 15) is 19.2 Å². The highest BCUT2D eigenvalue weighted by Gasteiger charge is 2.36. The van der Waals surface area contributed by atoms with Crippen molar-refractivity contribution in [2.75, 3.05) is 33.2 Å². The summed E-state index contributed by atoms with van der Waals surface area (Å²) in [6.07, 6.45) is 1.29. The number of urea groups is 1. The maximum Gasteiger partial charge on any atom is 0.327 e. The molecule has 1 N–H and O–H groups in total. The highest BCUT2D eigenvalue weighted by atomic mass is 16.2. The summed E-state index contributed by atoms with van der Waals surface area (Å²) < 4.78 is 0. The number of imide groups is 1. The van der Waals surface area contributed by atoms with Crippen LogP contribution in [0.4, 0.5) is 4.79 Å². The van der Waals surface area contributed by atoms with Gasteiger partial charge in [0.1, 0.15) is 13.1 Å². The fraction of sp³-hybridized carbons (Fsp3) is 0.474. The molecule has 0 aromatic heterocycles. The molecular weight excluding hydrogens is 348 g/mol. The van der Waals surface area contributed by atoms with E-state index in [0.29, 0.717) is 31.5 Å². The Morgan fingerprint density at radius 1 is 1.15 bits per heavy atom. The van der Waals surface area contributed by atoms with Gasteiger partial charge in [-0.3, -0.25) is 19.3 Å². The summed E-state index contributed by atoms with van der Waals surface area (Å²) in [7, 11) is 1.54. The first-order valence-electron chi connectivity index (χ1n) is 9.06. The third-order valence-corrected chi connectivity index (χ3v) is 5.10. The number of aryl methyl sites for hydroxylation is 1. The first-order chi connectivity index (χ1) is 12.9. The zero-order valence-electron chi connectivity index (χ0n) is 15.6. The van der Waals surface area contributed by atoms with Crippen LogP contribution < -0.4 is 5.32 Å². The van der Waals surface area contributed by atoms with Gasteiger partial charge in [0.05, 0.1) is 0 Å². The molecule has 144 valence electrons. The van der Waals surface area contributed by atoms with E-state index in [1.165, 1.54) is 11.9 Å². The summed E-state index contributed by atoms with van der Waals surface area (Å²) in [5, 5.41) is 3.03. The number of nitrogens with one attached hydrogen (secondary N) is 1. The van der Waals surface area contributed by atoms with Crippen LogP contribution in [-0.4, -0.2) is 77.7 Å². The lowest BCUT2D eigenvalue weighted by Gasteiger charge is -2.33. The van der Waals surface area contributed by atoms with Gasteiger partial charge in [0.2, 0.25) is 5.91 Å². The monoisotopic (exact) mass is 372 g/mol. The van der Waals surface area contributed by atoms with E-state index in [1.807, 2.05) is 25.1 Å². The predicted molar refractivity (Wildman–Crippen MR) is 98.0 cm³/mol. The molecule has 2 aliphatic rings. The summed E-state index contributed by atoms with van der Waals surface area (Å²) in [6, 6.07) is 6.99. The number of rotatable bonds is 4. The zero-order chi connectivity index (χ0) is 19.6. The second-order valence-electron chi connectivity index (χ2n) is 7.06. The van der Waals surface area contributed by atoms with Crippen molar-refractivity contribution in [1.29, 1.82) is 0 Å². The van der Waals surface area contributed by atoms with E-state index < -0.39 is 6.03 Å². The third kappa shape index (κ3) is 4.10. The average Bonchev–Trinajstić information content (AvgIpc) is 2.88. The number of carbonyl (C=O) groups excluding carboxylic acids is 4. The molecule has 2 fully saturated rings. The summed E-state index contributed by atoms with van der Waals surface area (Å²) in [5.41, 5.74) is 1.58. The average molecular weight is 372 g/mol. The number of likely N-dealkylation sites (N-methyl/N-ethyl adjacent to an activating group) is 1. The van der Waals surface area contributed by atoms with Crippen LogP contribution in [0.1, 0.15) is 28.8 Å². The number of amides is 5. The maximum atomic E-state index is 12.4. The van der Waals surface area contributed by atoms with Gasteiger partial charge in [-0.2, -0.15) is 0 Å². The second kappa shape index (κ2) is 7.77. The number of hydrogen-bond acceptors (Lipinski definition) is 4. The second-order valence-corrected chi connectivity index (χ2v) is 7.06. The molecule has 0 atom stereocenters. The lowest BCUT2D eigenvalue weighted by Crippen LogP contribution is -2.49. The molecule has 2 heterocycles. The quantitative estimate of drug-likeness (QED) is 0.784. The lowest BCUT2D eigenvalue weighted by molar-refractivity contribution is -0.137.